The first kappa shape index (κ1) is 21.2. The van der Waals surface area contributed by atoms with E-state index in [-0.39, 0.29) is 0 Å². The predicted octanol–water partition coefficient (Wildman–Crippen LogP) is 5.22. The number of fused-ring (bicyclic) bond motifs is 6. The summed E-state index contributed by atoms with van der Waals surface area (Å²) in [5.41, 5.74) is 37.0. The second-order valence-electron chi connectivity index (χ2n) is 9.93. The Hall–Kier alpha value is -4.06. The smallest absolute Gasteiger partial charge is 0.118 e. The van der Waals surface area contributed by atoms with E-state index >= 15 is 0 Å². The van der Waals surface area contributed by atoms with Gasteiger partial charge in [-0.25, -0.2) is 0 Å². The first-order valence-corrected chi connectivity index (χ1v) is 12.1. The van der Waals surface area contributed by atoms with E-state index in [1.54, 1.807) is 0 Å². The fourth-order valence-corrected chi connectivity index (χ4v) is 5.90. The Labute approximate surface area is 210 Å². The summed E-state index contributed by atoms with van der Waals surface area (Å²) in [7, 11) is 0. The maximum atomic E-state index is 6.60. The number of benzene rings is 5. The molecule has 0 bridgehead atoms. The average Bonchev–Trinajstić information content (AvgIpc) is 3.28. The molecule has 4 nitrogen and oxygen atoms in total. The summed E-state index contributed by atoms with van der Waals surface area (Å²) in [6.45, 7) is 0. The van der Waals surface area contributed by atoms with Crippen molar-refractivity contribution >= 4 is 0 Å². The number of hydrogen-bond donors (Lipinski definition) is 4. The van der Waals surface area contributed by atoms with Crippen molar-refractivity contribution in [3.8, 4) is 44.5 Å². The molecule has 2 aliphatic carbocycles. The van der Waals surface area contributed by atoms with E-state index < -0.39 is 11.3 Å². The van der Waals surface area contributed by atoms with Crippen molar-refractivity contribution in [1.82, 2.24) is 0 Å². The third kappa shape index (κ3) is 2.84. The van der Waals surface area contributed by atoms with Gasteiger partial charge in [0, 0.05) is 0 Å². The summed E-state index contributed by atoms with van der Waals surface area (Å²) in [5, 5.41) is 0. The van der Waals surface area contributed by atoms with Gasteiger partial charge < -0.3 is 22.9 Å². The maximum absolute atomic E-state index is 6.60. The van der Waals surface area contributed by atoms with Crippen LogP contribution in [0.2, 0.25) is 0 Å². The minimum atomic E-state index is -0.999. The fourth-order valence-electron chi connectivity index (χ4n) is 5.90. The first-order chi connectivity index (χ1) is 17.4. The van der Waals surface area contributed by atoms with E-state index in [4.69, 9.17) is 22.9 Å². The van der Waals surface area contributed by atoms with E-state index in [0.29, 0.717) is 0 Å². The molecule has 0 aliphatic heterocycles. The second kappa shape index (κ2) is 7.23. The molecule has 36 heavy (non-hydrogen) atoms. The Morgan fingerprint density at radius 3 is 1.08 bits per heavy atom. The van der Waals surface area contributed by atoms with Crippen LogP contribution in [0.1, 0.15) is 22.3 Å². The largest absolute Gasteiger partial charge is 0.306 e. The van der Waals surface area contributed by atoms with Gasteiger partial charge in [0.25, 0.3) is 0 Å². The van der Waals surface area contributed by atoms with E-state index in [0.717, 1.165) is 66.8 Å². The Kier molecular flexibility index (Phi) is 4.27. The van der Waals surface area contributed by atoms with Crippen LogP contribution in [0.5, 0.6) is 0 Å². The van der Waals surface area contributed by atoms with Crippen molar-refractivity contribution < 1.29 is 0 Å². The topological polar surface area (TPSA) is 104 Å². The Morgan fingerprint density at radius 2 is 0.667 bits per heavy atom. The van der Waals surface area contributed by atoms with Gasteiger partial charge in [0.2, 0.25) is 0 Å². The zero-order chi connectivity index (χ0) is 24.7. The lowest BCUT2D eigenvalue weighted by atomic mass is 9.93. The van der Waals surface area contributed by atoms with Gasteiger partial charge in [-0.3, -0.25) is 0 Å². The summed E-state index contributed by atoms with van der Waals surface area (Å²) in [4.78, 5) is 0. The number of rotatable bonds is 2. The minimum Gasteiger partial charge on any atom is -0.306 e. The highest BCUT2D eigenvalue weighted by atomic mass is 15.0. The fraction of sp³-hybridized carbons (Fsp3) is 0.0625. The maximum Gasteiger partial charge on any atom is 0.118 e. The van der Waals surface area contributed by atoms with Crippen molar-refractivity contribution in [2.24, 2.45) is 22.9 Å². The molecule has 0 heterocycles. The molecule has 0 saturated carbocycles. The monoisotopic (exact) mass is 466 g/mol. The molecule has 4 heteroatoms. The van der Waals surface area contributed by atoms with Gasteiger partial charge >= 0.3 is 0 Å². The zero-order valence-electron chi connectivity index (χ0n) is 19.7. The van der Waals surface area contributed by atoms with E-state index in [2.05, 4.69) is 72.8 Å². The average molecular weight is 467 g/mol. The van der Waals surface area contributed by atoms with Crippen molar-refractivity contribution in [3.63, 3.8) is 0 Å². The van der Waals surface area contributed by atoms with Gasteiger partial charge in [0.05, 0.1) is 0 Å². The van der Waals surface area contributed by atoms with Crippen LogP contribution in [0, 0.1) is 0 Å². The lowest BCUT2D eigenvalue weighted by molar-refractivity contribution is 0.584. The van der Waals surface area contributed by atoms with Crippen LogP contribution in [-0.4, -0.2) is 0 Å². The lowest BCUT2D eigenvalue weighted by Gasteiger charge is -2.22. The van der Waals surface area contributed by atoms with Crippen LogP contribution in [0.3, 0.4) is 0 Å². The van der Waals surface area contributed by atoms with Gasteiger partial charge in [-0.1, -0.05) is 97.1 Å². The molecule has 0 unspecified atom stereocenters. The summed E-state index contributed by atoms with van der Waals surface area (Å²) in [5.74, 6) is 0. The molecule has 0 amide bonds. The number of nitrogens with two attached hydrogens (primary N) is 4. The molecule has 7 rings (SSSR count). The second-order valence-corrected chi connectivity index (χ2v) is 9.93. The van der Waals surface area contributed by atoms with Gasteiger partial charge in [0.1, 0.15) is 11.3 Å². The molecule has 0 fully saturated rings. The van der Waals surface area contributed by atoms with Crippen molar-refractivity contribution in [1.29, 1.82) is 0 Å². The molecule has 0 saturated heterocycles. The SMILES string of the molecule is NC1(N)c2ccccc2-c2ccc(-c3ccc(-c4ccc5c(c4)C(N)(N)c4ccccc4-5)cc3)cc21. The van der Waals surface area contributed by atoms with Gasteiger partial charge in [0.15, 0.2) is 0 Å². The molecule has 0 spiro atoms. The molecule has 174 valence electrons. The lowest BCUT2D eigenvalue weighted by Crippen LogP contribution is -2.45. The van der Waals surface area contributed by atoms with Crippen molar-refractivity contribution in [3.05, 3.63) is 131 Å². The molecule has 2 aliphatic rings. The van der Waals surface area contributed by atoms with Gasteiger partial charge in [-0.05, 0) is 78.9 Å². The highest BCUT2D eigenvalue weighted by Crippen LogP contribution is 2.46. The van der Waals surface area contributed by atoms with Crippen LogP contribution >= 0.6 is 0 Å². The Bertz CT molecular complexity index is 1550. The van der Waals surface area contributed by atoms with Crippen LogP contribution in [0.25, 0.3) is 44.5 Å². The van der Waals surface area contributed by atoms with E-state index in [1.807, 2.05) is 36.4 Å². The van der Waals surface area contributed by atoms with Crippen LogP contribution in [0.4, 0.5) is 0 Å². The molecule has 0 radical (unpaired) electrons. The number of hydrogen-bond acceptors (Lipinski definition) is 4. The molecule has 8 N–H and O–H groups in total. The highest BCUT2D eigenvalue weighted by molar-refractivity contribution is 5.85. The Balaban J connectivity index is 1.24. The summed E-state index contributed by atoms with van der Waals surface area (Å²) < 4.78 is 0. The van der Waals surface area contributed by atoms with Gasteiger partial charge in [-0.2, -0.15) is 0 Å². The molecular weight excluding hydrogens is 440 g/mol. The molecule has 5 aromatic rings. The quantitative estimate of drug-likeness (QED) is 0.268. The Morgan fingerprint density at radius 1 is 0.333 bits per heavy atom. The highest BCUT2D eigenvalue weighted by Gasteiger charge is 2.37. The van der Waals surface area contributed by atoms with Crippen molar-refractivity contribution in [2.45, 2.75) is 11.3 Å². The van der Waals surface area contributed by atoms with Gasteiger partial charge in [-0.15, -0.1) is 0 Å². The zero-order valence-corrected chi connectivity index (χ0v) is 19.7. The van der Waals surface area contributed by atoms with Crippen LogP contribution in [0.15, 0.2) is 109 Å². The summed E-state index contributed by atoms with van der Waals surface area (Å²) in [6, 6.07) is 37.5. The molecular formula is C32H26N4. The predicted molar refractivity (Wildman–Crippen MR) is 146 cm³/mol. The third-order valence-electron chi connectivity index (χ3n) is 7.81. The van der Waals surface area contributed by atoms with Crippen LogP contribution < -0.4 is 22.9 Å². The third-order valence-corrected chi connectivity index (χ3v) is 7.81. The standard InChI is InChI=1S/C32H26N4/c33-31(34)27-7-3-1-5-23(27)25-15-13-21(17-29(25)31)19-9-11-20(12-10-19)22-14-16-26-24-6-2-4-8-28(24)32(35,36)30(26)18-22/h1-18H,33-36H2. The van der Waals surface area contributed by atoms with Crippen molar-refractivity contribution in [2.75, 3.05) is 0 Å². The minimum absolute atomic E-state index is 0.950. The molecule has 0 atom stereocenters. The molecule has 0 aromatic heterocycles. The van der Waals surface area contributed by atoms with E-state index in [9.17, 15) is 0 Å². The summed E-state index contributed by atoms with van der Waals surface area (Å²) >= 11 is 0. The molecule has 5 aromatic carbocycles. The summed E-state index contributed by atoms with van der Waals surface area (Å²) in [6.07, 6.45) is 0. The first-order valence-electron chi connectivity index (χ1n) is 12.1. The van der Waals surface area contributed by atoms with Crippen LogP contribution in [-0.2, 0) is 11.3 Å². The van der Waals surface area contributed by atoms with E-state index in [1.165, 1.54) is 0 Å². The normalized spacial score (nSPS) is 15.7.